The molecule has 0 saturated heterocycles. The Morgan fingerprint density at radius 3 is 2.30 bits per heavy atom. The Labute approximate surface area is 143 Å². The third-order valence-corrected chi connectivity index (χ3v) is 4.65. The molecule has 6 nitrogen and oxygen atoms in total. The molecule has 0 aliphatic heterocycles. The van der Waals surface area contributed by atoms with E-state index in [1.165, 1.54) is 43.3 Å². The molecule has 2 aromatic carbocycles. The molecule has 0 spiro atoms. The van der Waals surface area contributed by atoms with E-state index < -0.39 is 15.8 Å². The van der Waals surface area contributed by atoms with Crippen molar-refractivity contribution in [3.8, 4) is 5.75 Å². The number of rotatable bonds is 4. The predicted octanol–water partition coefficient (Wildman–Crippen LogP) is 3.46. The van der Waals surface area contributed by atoms with Crippen LogP contribution in [-0.2, 0) is 14.8 Å². The quantitative estimate of drug-likeness (QED) is 0.714. The number of phenolic OH excluding ortho intramolecular Hbond substituents is 1. The molecule has 0 aromatic heterocycles. The lowest BCUT2D eigenvalue weighted by molar-refractivity contribution is -0.114. The molecule has 0 radical (unpaired) electrons. The van der Waals surface area contributed by atoms with E-state index in [1.54, 1.807) is 0 Å². The summed E-state index contributed by atoms with van der Waals surface area (Å²) in [6, 6.07) is 8.06. The maximum Gasteiger partial charge on any atom is 0.262 e. The second-order valence-electron chi connectivity index (χ2n) is 4.59. The number of nitrogens with one attached hydrogen (secondary N) is 2. The molecule has 0 heterocycles. The Kier molecular flexibility index (Phi) is 5.03. The highest BCUT2D eigenvalue weighted by Crippen LogP contribution is 2.36. The summed E-state index contributed by atoms with van der Waals surface area (Å²) in [4.78, 5) is 10.9. The molecular weight excluding hydrogens is 363 g/mol. The molecule has 23 heavy (non-hydrogen) atoms. The molecule has 0 fully saturated rings. The normalized spacial score (nSPS) is 11.1. The van der Waals surface area contributed by atoms with Crippen LogP contribution in [0, 0.1) is 0 Å². The van der Waals surface area contributed by atoms with Crippen molar-refractivity contribution >= 4 is 50.5 Å². The molecule has 2 aromatic rings. The summed E-state index contributed by atoms with van der Waals surface area (Å²) in [5.74, 6) is -0.688. The highest BCUT2D eigenvalue weighted by Gasteiger charge is 2.18. The summed E-state index contributed by atoms with van der Waals surface area (Å²) in [7, 11) is -3.95. The zero-order valence-electron chi connectivity index (χ0n) is 11.8. The predicted molar refractivity (Wildman–Crippen MR) is 89.7 cm³/mol. The fourth-order valence-electron chi connectivity index (χ4n) is 1.77. The Hall–Kier alpha value is -1.96. The van der Waals surface area contributed by atoms with Gasteiger partial charge in [0.1, 0.15) is 0 Å². The lowest BCUT2D eigenvalue weighted by atomic mass is 10.3. The van der Waals surface area contributed by atoms with E-state index in [0.717, 1.165) is 0 Å². The first-order chi connectivity index (χ1) is 10.7. The van der Waals surface area contributed by atoms with Crippen LogP contribution >= 0.6 is 23.2 Å². The van der Waals surface area contributed by atoms with Crippen molar-refractivity contribution in [3.63, 3.8) is 0 Å². The second kappa shape index (κ2) is 6.66. The number of phenols is 1. The van der Waals surface area contributed by atoms with Crippen LogP contribution in [0.1, 0.15) is 6.92 Å². The van der Waals surface area contributed by atoms with Crippen LogP contribution in [0.15, 0.2) is 41.3 Å². The van der Waals surface area contributed by atoms with Gasteiger partial charge in [0.05, 0.1) is 15.6 Å². The largest absolute Gasteiger partial charge is 0.504 e. The summed E-state index contributed by atoms with van der Waals surface area (Å²) in [6.07, 6.45) is 0. The third-order valence-electron chi connectivity index (χ3n) is 2.76. The van der Waals surface area contributed by atoms with E-state index in [9.17, 15) is 18.3 Å². The first-order valence-corrected chi connectivity index (χ1v) is 8.51. The Bertz CT molecular complexity index is 852. The molecular formula is C14H12Cl2N2O4S. The SMILES string of the molecule is CC(=O)Nc1ccc(S(=O)(=O)Nc2cc(Cl)cc(Cl)c2O)cc1. The zero-order valence-corrected chi connectivity index (χ0v) is 14.1. The van der Waals surface area contributed by atoms with Crippen LogP contribution in [0.5, 0.6) is 5.75 Å². The van der Waals surface area contributed by atoms with Crippen molar-refractivity contribution < 1.29 is 18.3 Å². The van der Waals surface area contributed by atoms with Crippen LogP contribution in [0.25, 0.3) is 0 Å². The van der Waals surface area contributed by atoms with E-state index >= 15 is 0 Å². The molecule has 1 amide bonds. The molecule has 0 saturated carbocycles. The number of carbonyl (C=O) groups is 1. The van der Waals surface area contributed by atoms with Crippen LogP contribution in [0.2, 0.25) is 10.0 Å². The number of carbonyl (C=O) groups excluding carboxylic acids is 1. The minimum Gasteiger partial charge on any atom is -0.504 e. The number of anilines is 2. The Morgan fingerprint density at radius 2 is 1.74 bits per heavy atom. The van der Waals surface area contributed by atoms with Gasteiger partial charge in [-0.25, -0.2) is 8.42 Å². The number of aromatic hydroxyl groups is 1. The van der Waals surface area contributed by atoms with Crippen LogP contribution < -0.4 is 10.0 Å². The van der Waals surface area contributed by atoms with Gasteiger partial charge in [-0.1, -0.05) is 23.2 Å². The molecule has 9 heteroatoms. The van der Waals surface area contributed by atoms with Gasteiger partial charge in [-0.2, -0.15) is 0 Å². The molecule has 0 atom stereocenters. The van der Waals surface area contributed by atoms with Gasteiger partial charge in [0, 0.05) is 17.6 Å². The van der Waals surface area contributed by atoms with Crippen LogP contribution in [-0.4, -0.2) is 19.4 Å². The molecule has 122 valence electrons. The van der Waals surface area contributed by atoms with Gasteiger partial charge >= 0.3 is 0 Å². The first kappa shape index (κ1) is 17.4. The van der Waals surface area contributed by atoms with Gasteiger partial charge in [0.2, 0.25) is 5.91 Å². The second-order valence-corrected chi connectivity index (χ2v) is 7.12. The standard InChI is InChI=1S/C14H12Cl2N2O4S/c1-8(19)17-10-2-4-11(5-3-10)23(21,22)18-13-7-9(15)6-12(16)14(13)20/h2-7,18,20H,1H3,(H,17,19). The first-order valence-electron chi connectivity index (χ1n) is 6.27. The van der Waals surface area contributed by atoms with Gasteiger partial charge in [0.25, 0.3) is 10.0 Å². The van der Waals surface area contributed by atoms with E-state index in [2.05, 4.69) is 10.0 Å². The van der Waals surface area contributed by atoms with E-state index in [0.29, 0.717) is 5.69 Å². The third kappa shape index (κ3) is 4.28. The number of hydrogen-bond acceptors (Lipinski definition) is 4. The molecule has 0 aliphatic carbocycles. The average Bonchev–Trinajstić information content (AvgIpc) is 2.44. The summed E-state index contributed by atoms with van der Waals surface area (Å²) in [5, 5.41) is 12.4. The maximum absolute atomic E-state index is 12.3. The van der Waals surface area contributed by atoms with E-state index in [-0.39, 0.29) is 26.5 Å². The van der Waals surface area contributed by atoms with Crippen molar-refractivity contribution in [3.05, 3.63) is 46.4 Å². The Balaban J connectivity index is 2.30. The summed E-state index contributed by atoms with van der Waals surface area (Å²) < 4.78 is 26.8. The summed E-state index contributed by atoms with van der Waals surface area (Å²) in [6.45, 7) is 1.35. The molecule has 3 N–H and O–H groups in total. The van der Waals surface area contributed by atoms with Crippen molar-refractivity contribution in [1.82, 2.24) is 0 Å². The summed E-state index contributed by atoms with van der Waals surface area (Å²) in [5.41, 5.74) is 0.332. The molecule has 0 unspecified atom stereocenters. The lowest BCUT2D eigenvalue weighted by Gasteiger charge is -2.11. The number of benzene rings is 2. The van der Waals surface area contributed by atoms with Crippen molar-refractivity contribution in [2.45, 2.75) is 11.8 Å². The monoisotopic (exact) mass is 374 g/mol. The van der Waals surface area contributed by atoms with E-state index in [1.807, 2.05) is 0 Å². The van der Waals surface area contributed by atoms with Crippen molar-refractivity contribution in [2.24, 2.45) is 0 Å². The zero-order chi connectivity index (χ0) is 17.2. The van der Waals surface area contributed by atoms with Gasteiger partial charge in [-0.3, -0.25) is 9.52 Å². The molecule has 0 bridgehead atoms. The number of hydrogen-bond donors (Lipinski definition) is 3. The van der Waals surface area contributed by atoms with Crippen LogP contribution in [0.4, 0.5) is 11.4 Å². The smallest absolute Gasteiger partial charge is 0.262 e. The number of sulfonamides is 1. The molecule has 2 rings (SSSR count). The van der Waals surface area contributed by atoms with Crippen molar-refractivity contribution in [2.75, 3.05) is 10.0 Å². The average molecular weight is 375 g/mol. The van der Waals surface area contributed by atoms with E-state index in [4.69, 9.17) is 23.2 Å². The van der Waals surface area contributed by atoms with Gasteiger partial charge in [-0.15, -0.1) is 0 Å². The van der Waals surface area contributed by atoms with Gasteiger partial charge < -0.3 is 10.4 Å². The van der Waals surface area contributed by atoms with Gasteiger partial charge in [-0.05, 0) is 36.4 Å². The summed E-state index contributed by atoms with van der Waals surface area (Å²) >= 11 is 11.5. The van der Waals surface area contributed by atoms with Crippen LogP contribution in [0.3, 0.4) is 0 Å². The lowest BCUT2D eigenvalue weighted by Crippen LogP contribution is -2.13. The fraction of sp³-hybridized carbons (Fsp3) is 0.0714. The number of amides is 1. The Morgan fingerprint density at radius 1 is 1.13 bits per heavy atom. The topological polar surface area (TPSA) is 95.5 Å². The van der Waals surface area contributed by atoms with Gasteiger partial charge in [0.15, 0.2) is 5.75 Å². The minimum atomic E-state index is -3.95. The minimum absolute atomic E-state index is 0.0536. The number of halogens is 2. The highest BCUT2D eigenvalue weighted by atomic mass is 35.5. The van der Waals surface area contributed by atoms with Crippen molar-refractivity contribution in [1.29, 1.82) is 0 Å². The fourth-order valence-corrected chi connectivity index (χ4v) is 3.32. The maximum atomic E-state index is 12.3. The highest BCUT2D eigenvalue weighted by molar-refractivity contribution is 7.92. The molecule has 0 aliphatic rings.